The highest BCUT2D eigenvalue weighted by atomic mass is 16.5. The van der Waals surface area contributed by atoms with Crippen molar-refractivity contribution < 1.29 is 4.74 Å². The quantitative estimate of drug-likeness (QED) is 0.433. The van der Waals surface area contributed by atoms with Gasteiger partial charge in [-0.05, 0) is 44.4 Å². The molecule has 94 valence electrons. The Labute approximate surface area is 104 Å². The van der Waals surface area contributed by atoms with Gasteiger partial charge in [0.05, 0.1) is 6.61 Å². The molecular formula is C14H22N2O. The summed E-state index contributed by atoms with van der Waals surface area (Å²) in [7, 11) is 0. The van der Waals surface area contributed by atoms with Crippen LogP contribution in [0.2, 0.25) is 0 Å². The van der Waals surface area contributed by atoms with Crippen molar-refractivity contribution in [2.75, 3.05) is 6.61 Å². The van der Waals surface area contributed by atoms with Crippen molar-refractivity contribution in [3.05, 3.63) is 42.0 Å². The Morgan fingerprint density at radius 1 is 1.53 bits per heavy atom. The summed E-state index contributed by atoms with van der Waals surface area (Å²) in [5.74, 6) is 6.48. The average molecular weight is 234 g/mol. The molecule has 1 atom stereocenters. The molecule has 0 saturated carbocycles. The summed E-state index contributed by atoms with van der Waals surface area (Å²) in [4.78, 5) is 0. The Hall–Kier alpha value is -1.32. The van der Waals surface area contributed by atoms with Crippen molar-refractivity contribution in [2.45, 2.75) is 32.7 Å². The highest BCUT2D eigenvalue weighted by molar-refractivity contribution is 5.30. The van der Waals surface area contributed by atoms with Crippen molar-refractivity contribution in [2.24, 2.45) is 5.84 Å². The van der Waals surface area contributed by atoms with Crippen molar-refractivity contribution in [3.63, 3.8) is 0 Å². The molecule has 0 radical (unpaired) electrons. The normalized spacial score (nSPS) is 12.2. The van der Waals surface area contributed by atoms with E-state index in [1.807, 2.05) is 32.0 Å². The second-order valence-corrected chi connectivity index (χ2v) is 4.22. The van der Waals surface area contributed by atoms with E-state index in [1.54, 1.807) is 0 Å². The minimum Gasteiger partial charge on any atom is -0.494 e. The monoisotopic (exact) mass is 234 g/mol. The zero-order chi connectivity index (χ0) is 12.7. The van der Waals surface area contributed by atoms with Gasteiger partial charge in [-0.2, -0.15) is 0 Å². The molecule has 0 bridgehead atoms. The van der Waals surface area contributed by atoms with E-state index >= 15 is 0 Å². The fourth-order valence-electron chi connectivity index (χ4n) is 1.72. The molecule has 1 rings (SSSR count). The molecule has 1 aromatic rings. The Balaban J connectivity index is 2.73. The second kappa shape index (κ2) is 7.09. The third-order valence-corrected chi connectivity index (χ3v) is 2.63. The Morgan fingerprint density at radius 3 is 2.88 bits per heavy atom. The van der Waals surface area contributed by atoms with Gasteiger partial charge in [0.2, 0.25) is 0 Å². The van der Waals surface area contributed by atoms with Crippen LogP contribution in [0.3, 0.4) is 0 Å². The highest BCUT2D eigenvalue weighted by Gasteiger charge is 2.10. The van der Waals surface area contributed by atoms with Crippen LogP contribution >= 0.6 is 0 Å². The van der Waals surface area contributed by atoms with Crippen molar-refractivity contribution >= 4 is 0 Å². The first kappa shape index (κ1) is 13.7. The van der Waals surface area contributed by atoms with Crippen LogP contribution in [0.25, 0.3) is 0 Å². The largest absolute Gasteiger partial charge is 0.494 e. The van der Waals surface area contributed by atoms with Gasteiger partial charge in [-0.15, -0.1) is 6.58 Å². The molecule has 0 heterocycles. The number of hydrogen-bond donors (Lipinski definition) is 2. The molecule has 0 fully saturated rings. The molecule has 3 nitrogen and oxygen atoms in total. The number of hydrazine groups is 1. The van der Waals surface area contributed by atoms with E-state index in [2.05, 4.69) is 18.1 Å². The van der Waals surface area contributed by atoms with E-state index in [1.165, 1.54) is 5.57 Å². The molecule has 0 aliphatic heterocycles. The van der Waals surface area contributed by atoms with Crippen molar-refractivity contribution in [3.8, 4) is 5.75 Å². The maximum absolute atomic E-state index is 5.59. The number of nitrogens with two attached hydrogens (primary N) is 1. The third-order valence-electron chi connectivity index (χ3n) is 2.63. The lowest BCUT2D eigenvalue weighted by atomic mass is 10.0. The number of ether oxygens (including phenoxy) is 1. The predicted molar refractivity (Wildman–Crippen MR) is 71.7 cm³/mol. The lowest BCUT2D eigenvalue weighted by molar-refractivity contribution is 0.339. The lowest BCUT2D eigenvalue weighted by Gasteiger charge is -2.17. The second-order valence-electron chi connectivity index (χ2n) is 4.22. The fraction of sp³-hybridized carbons (Fsp3) is 0.429. The SMILES string of the molecule is C=C(C)CCC(NN)c1cccc(OCC)c1. The topological polar surface area (TPSA) is 47.3 Å². The molecule has 1 unspecified atom stereocenters. The van der Waals surface area contributed by atoms with Crippen LogP contribution in [-0.2, 0) is 0 Å². The van der Waals surface area contributed by atoms with Crippen molar-refractivity contribution in [1.82, 2.24) is 5.43 Å². The van der Waals surface area contributed by atoms with Crippen LogP contribution in [0, 0.1) is 0 Å². The highest BCUT2D eigenvalue weighted by Crippen LogP contribution is 2.23. The van der Waals surface area contributed by atoms with Gasteiger partial charge in [-0.3, -0.25) is 11.3 Å². The number of allylic oxidation sites excluding steroid dienone is 1. The van der Waals surface area contributed by atoms with Crippen LogP contribution in [0.5, 0.6) is 5.75 Å². The van der Waals surface area contributed by atoms with Gasteiger partial charge in [0.15, 0.2) is 0 Å². The lowest BCUT2D eigenvalue weighted by Crippen LogP contribution is -2.28. The number of nitrogens with one attached hydrogen (secondary N) is 1. The number of benzene rings is 1. The Kier molecular flexibility index (Phi) is 5.73. The van der Waals surface area contributed by atoms with Crippen LogP contribution in [0.15, 0.2) is 36.4 Å². The molecule has 0 aliphatic carbocycles. The maximum Gasteiger partial charge on any atom is 0.119 e. The summed E-state index contributed by atoms with van der Waals surface area (Å²) in [6.07, 6.45) is 1.91. The van der Waals surface area contributed by atoms with E-state index in [4.69, 9.17) is 10.6 Å². The molecule has 0 aliphatic rings. The first-order valence-electron chi connectivity index (χ1n) is 6.00. The maximum atomic E-state index is 5.59. The van der Waals surface area contributed by atoms with Crippen LogP contribution in [0.4, 0.5) is 0 Å². The van der Waals surface area contributed by atoms with Gasteiger partial charge in [0.25, 0.3) is 0 Å². The third kappa shape index (κ3) is 4.59. The summed E-state index contributed by atoms with van der Waals surface area (Å²) in [6, 6.07) is 8.19. The molecule has 3 N–H and O–H groups in total. The molecule has 3 heteroatoms. The van der Waals surface area contributed by atoms with E-state index in [0.29, 0.717) is 6.61 Å². The number of rotatable bonds is 7. The predicted octanol–water partition coefficient (Wildman–Crippen LogP) is 2.95. The van der Waals surface area contributed by atoms with E-state index in [0.717, 1.165) is 24.2 Å². The number of hydrogen-bond acceptors (Lipinski definition) is 3. The van der Waals surface area contributed by atoms with Gasteiger partial charge < -0.3 is 4.74 Å². The Bertz CT molecular complexity index is 363. The fourth-order valence-corrected chi connectivity index (χ4v) is 1.72. The minimum absolute atomic E-state index is 0.145. The molecule has 0 amide bonds. The van der Waals surface area contributed by atoms with Crippen LogP contribution in [0.1, 0.15) is 38.3 Å². The minimum atomic E-state index is 0.145. The van der Waals surface area contributed by atoms with E-state index in [-0.39, 0.29) is 6.04 Å². The van der Waals surface area contributed by atoms with Gasteiger partial charge in [0.1, 0.15) is 5.75 Å². The standard InChI is InChI=1S/C14H22N2O/c1-4-17-13-7-5-6-12(10-13)14(16-15)9-8-11(2)3/h5-7,10,14,16H,2,4,8-9,15H2,1,3H3. The zero-order valence-electron chi connectivity index (χ0n) is 10.7. The molecular weight excluding hydrogens is 212 g/mol. The van der Waals surface area contributed by atoms with Gasteiger partial charge in [-0.25, -0.2) is 0 Å². The van der Waals surface area contributed by atoms with E-state index in [9.17, 15) is 0 Å². The van der Waals surface area contributed by atoms with Crippen LogP contribution in [-0.4, -0.2) is 6.61 Å². The summed E-state index contributed by atoms with van der Waals surface area (Å²) < 4.78 is 5.48. The van der Waals surface area contributed by atoms with Gasteiger partial charge >= 0.3 is 0 Å². The van der Waals surface area contributed by atoms with Gasteiger partial charge in [-0.1, -0.05) is 17.7 Å². The molecule has 17 heavy (non-hydrogen) atoms. The molecule has 0 saturated heterocycles. The molecule has 0 spiro atoms. The first-order chi connectivity index (χ1) is 8.17. The molecule has 0 aromatic heterocycles. The van der Waals surface area contributed by atoms with Gasteiger partial charge in [0, 0.05) is 6.04 Å². The summed E-state index contributed by atoms with van der Waals surface area (Å²) in [5, 5.41) is 0. The summed E-state index contributed by atoms with van der Waals surface area (Å²) in [6.45, 7) is 8.60. The summed E-state index contributed by atoms with van der Waals surface area (Å²) in [5.41, 5.74) is 5.17. The molecule has 1 aromatic carbocycles. The van der Waals surface area contributed by atoms with Crippen molar-refractivity contribution in [1.29, 1.82) is 0 Å². The summed E-state index contributed by atoms with van der Waals surface area (Å²) >= 11 is 0. The zero-order valence-corrected chi connectivity index (χ0v) is 10.7. The average Bonchev–Trinajstić information content (AvgIpc) is 2.30. The van der Waals surface area contributed by atoms with Crippen LogP contribution < -0.4 is 16.0 Å². The Morgan fingerprint density at radius 2 is 2.29 bits per heavy atom. The smallest absolute Gasteiger partial charge is 0.119 e. The first-order valence-corrected chi connectivity index (χ1v) is 6.00. The van der Waals surface area contributed by atoms with E-state index < -0.39 is 0 Å².